The molecular formula is C18H22N2O3S. The zero-order valence-corrected chi connectivity index (χ0v) is 14.7. The highest BCUT2D eigenvalue weighted by Crippen LogP contribution is 2.17. The fourth-order valence-corrected chi connectivity index (χ4v) is 2.44. The van der Waals surface area contributed by atoms with Crippen LogP contribution in [0.4, 0.5) is 5.69 Å². The second-order valence-electron chi connectivity index (χ2n) is 5.31. The molecule has 0 aliphatic rings. The smallest absolute Gasteiger partial charge is 0.338 e. The zero-order chi connectivity index (χ0) is 17.4. The van der Waals surface area contributed by atoms with Crippen LogP contribution < -0.4 is 10.6 Å². The summed E-state index contributed by atoms with van der Waals surface area (Å²) in [5, 5.41) is 6.87. The Kier molecular flexibility index (Phi) is 6.81. The van der Waals surface area contributed by atoms with E-state index in [0.29, 0.717) is 17.3 Å². The van der Waals surface area contributed by atoms with E-state index in [-0.39, 0.29) is 5.97 Å². The molecule has 2 rings (SSSR count). The van der Waals surface area contributed by atoms with E-state index >= 15 is 0 Å². The number of thiocarbonyl (C=S) groups is 1. The van der Waals surface area contributed by atoms with Crippen LogP contribution >= 0.6 is 12.2 Å². The maximum atomic E-state index is 11.7. The Balaban J connectivity index is 1.79. The summed E-state index contributed by atoms with van der Waals surface area (Å²) in [6, 6.07) is 9.20. The Morgan fingerprint density at radius 1 is 1.33 bits per heavy atom. The molecule has 0 saturated carbocycles. The quantitative estimate of drug-likeness (QED) is 0.453. The van der Waals surface area contributed by atoms with Gasteiger partial charge in [-0.15, -0.1) is 0 Å². The summed E-state index contributed by atoms with van der Waals surface area (Å²) in [5.74, 6) is 0.659. The second-order valence-corrected chi connectivity index (χ2v) is 5.72. The van der Waals surface area contributed by atoms with Gasteiger partial charge in [0.15, 0.2) is 5.11 Å². The summed E-state index contributed by atoms with van der Waals surface area (Å²) in [5.41, 5.74) is 2.34. The van der Waals surface area contributed by atoms with Gasteiger partial charge >= 0.3 is 5.97 Å². The first-order valence-corrected chi connectivity index (χ1v) is 8.36. The van der Waals surface area contributed by atoms with Crippen LogP contribution in [0.1, 0.15) is 35.0 Å². The van der Waals surface area contributed by atoms with Crippen molar-refractivity contribution in [2.24, 2.45) is 0 Å². The van der Waals surface area contributed by atoms with E-state index in [0.717, 1.165) is 36.4 Å². The first-order chi connectivity index (χ1) is 11.6. The average molecular weight is 346 g/mol. The van der Waals surface area contributed by atoms with Gasteiger partial charge in [-0.2, -0.15) is 0 Å². The highest BCUT2D eigenvalue weighted by Gasteiger charge is 2.09. The van der Waals surface area contributed by atoms with Crippen LogP contribution in [-0.4, -0.2) is 24.2 Å². The molecule has 0 aliphatic heterocycles. The van der Waals surface area contributed by atoms with Crippen LogP contribution in [0, 0.1) is 6.92 Å². The van der Waals surface area contributed by atoms with Crippen molar-refractivity contribution < 1.29 is 13.9 Å². The number of rotatable bonds is 7. The van der Waals surface area contributed by atoms with Gasteiger partial charge in [-0.1, -0.05) is 0 Å². The first-order valence-electron chi connectivity index (χ1n) is 7.95. The maximum absolute atomic E-state index is 11.7. The predicted molar refractivity (Wildman–Crippen MR) is 98.4 cm³/mol. The molecule has 0 aliphatic carbocycles. The van der Waals surface area contributed by atoms with E-state index in [2.05, 4.69) is 10.6 Å². The predicted octanol–water partition coefficient (Wildman–Crippen LogP) is 3.68. The standard InChI is InChI=1S/C18H22N2O3S/c1-3-22-17(21)14-8-9-16(13(2)12-14)20-18(24)19-10-4-6-15-7-5-11-23-15/h5,7-9,11-12H,3-4,6,10H2,1-2H3,(H2,19,20,24). The lowest BCUT2D eigenvalue weighted by Crippen LogP contribution is -2.29. The third-order valence-electron chi connectivity index (χ3n) is 3.45. The third-order valence-corrected chi connectivity index (χ3v) is 3.70. The van der Waals surface area contributed by atoms with Crippen molar-refractivity contribution in [1.29, 1.82) is 0 Å². The van der Waals surface area contributed by atoms with Crippen molar-refractivity contribution in [1.82, 2.24) is 5.32 Å². The van der Waals surface area contributed by atoms with Crippen molar-refractivity contribution >= 4 is 29.0 Å². The van der Waals surface area contributed by atoms with E-state index in [9.17, 15) is 4.79 Å². The molecule has 128 valence electrons. The molecule has 1 aromatic heterocycles. The lowest BCUT2D eigenvalue weighted by Gasteiger charge is -2.13. The topological polar surface area (TPSA) is 63.5 Å². The van der Waals surface area contributed by atoms with Crippen LogP contribution in [0.15, 0.2) is 41.0 Å². The molecule has 0 amide bonds. The molecule has 5 nitrogen and oxygen atoms in total. The largest absolute Gasteiger partial charge is 0.469 e. The van der Waals surface area contributed by atoms with Crippen LogP contribution in [0.3, 0.4) is 0 Å². The number of furan rings is 1. The van der Waals surface area contributed by atoms with Crippen molar-refractivity contribution in [3.05, 3.63) is 53.5 Å². The number of ether oxygens (including phenoxy) is 1. The molecule has 2 aromatic rings. The van der Waals surface area contributed by atoms with Crippen LogP contribution in [0.25, 0.3) is 0 Å². The Bertz CT molecular complexity index is 684. The fourth-order valence-electron chi connectivity index (χ4n) is 2.23. The van der Waals surface area contributed by atoms with Gasteiger partial charge in [0.2, 0.25) is 0 Å². The van der Waals surface area contributed by atoms with Gasteiger partial charge in [0.1, 0.15) is 5.76 Å². The normalized spacial score (nSPS) is 10.2. The van der Waals surface area contributed by atoms with Crippen molar-refractivity contribution in [2.75, 3.05) is 18.5 Å². The molecule has 6 heteroatoms. The van der Waals surface area contributed by atoms with Gasteiger partial charge in [-0.25, -0.2) is 4.79 Å². The van der Waals surface area contributed by atoms with Crippen molar-refractivity contribution in [2.45, 2.75) is 26.7 Å². The van der Waals surface area contributed by atoms with Gasteiger partial charge < -0.3 is 19.8 Å². The molecule has 0 unspecified atom stereocenters. The average Bonchev–Trinajstić information content (AvgIpc) is 3.07. The van der Waals surface area contributed by atoms with Crippen molar-refractivity contribution in [3.8, 4) is 0 Å². The molecule has 1 heterocycles. The molecule has 1 aromatic carbocycles. The van der Waals surface area contributed by atoms with E-state index in [4.69, 9.17) is 21.4 Å². The Morgan fingerprint density at radius 2 is 2.17 bits per heavy atom. The lowest BCUT2D eigenvalue weighted by molar-refractivity contribution is 0.0526. The minimum atomic E-state index is -0.314. The molecule has 24 heavy (non-hydrogen) atoms. The van der Waals surface area contributed by atoms with Gasteiger partial charge in [0, 0.05) is 18.7 Å². The number of hydrogen-bond acceptors (Lipinski definition) is 4. The molecular weight excluding hydrogens is 324 g/mol. The number of anilines is 1. The van der Waals surface area contributed by atoms with Crippen LogP contribution in [-0.2, 0) is 11.2 Å². The molecule has 0 bridgehead atoms. The third kappa shape index (κ3) is 5.38. The van der Waals surface area contributed by atoms with E-state index in [1.807, 2.05) is 25.1 Å². The van der Waals surface area contributed by atoms with Gasteiger partial charge in [0.05, 0.1) is 18.4 Å². The number of carbonyl (C=O) groups excluding carboxylic acids is 1. The van der Waals surface area contributed by atoms with Gasteiger partial charge in [-0.3, -0.25) is 0 Å². The molecule has 0 radical (unpaired) electrons. The number of carbonyl (C=O) groups is 1. The summed E-state index contributed by atoms with van der Waals surface area (Å²) >= 11 is 5.30. The van der Waals surface area contributed by atoms with E-state index in [1.54, 1.807) is 25.3 Å². The van der Waals surface area contributed by atoms with Gasteiger partial charge in [0.25, 0.3) is 0 Å². The summed E-state index contributed by atoms with van der Waals surface area (Å²) in [7, 11) is 0. The minimum absolute atomic E-state index is 0.314. The monoisotopic (exact) mass is 346 g/mol. The minimum Gasteiger partial charge on any atom is -0.469 e. The molecule has 0 fully saturated rings. The van der Waals surface area contributed by atoms with Gasteiger partial charge in [-0.05, 0) is 68.4 Å². The summed E-state index contributed by atoms with van der Waals surface area (Å²) in [6.45, 7) is 4.83. The summed E-state index contributed by atoms with van der Waals surface area (Å²) < 4.78 is 10.3. The SMILES string of the molecule is CCOC(=O)c1ccc(NC(=S)NCCCc2ccco2)c(C)c1. The summed E-state index contributed by atoms with van der Waals surface area (Å²) in [4.78, 5) is 11.7. The second kappa shape index (κ2) is 9.08. The number of nitrogens with one attached hydrogen (secondary N) is 2. The molecule has 0 saturated heterocycles. The van der Waals surface area contributed by atoms with Crippen LogP contribution in [0.5, 0.6) is 0 Å². The molecule has 0 spiro atoms. The molecule has 2 N–H and O–H groups in total. The Labute approximate surface area is 147 Å². The highest BCUT2D eigenvalue weighted by molar-refractivity contribution is 7.80. The molecule has 0 atom stereocenters. The highest BCUT2D eigenvalue weighted by atomic mass is 32.1. The van der Waals surface area contributed by atoms with E-state index < -0.39 is 0 Å². The fraction of sp³-hybridized carbons (Fsp3) is 0.333. The number of hydrogen-bond donors (Lipinski definition) is 2. The van der Waals surface area contributed by atoms with E-state index in [1.165, 1.54) is 0 Å². The number of benzene rings is 1. The zero-order valence-electron chi connectivity index (χ0n) is 13.9. The first kappa shape index (κ1) is 18.0. The number of aryl methyl sites for hydroxylation is 2. The van der Waals surface area contributed by atoms with Crippen molar-refractivity contribution in [3.63, 3.8) is 0 Å². The lowest BCUT2D eigenvalue weighted by atomic mass is 10.1. The Hall–Kier alpha value is -2.34. The number of esters is 1. The maximum Gasteiger partial charge on any atom is 0.338 e. The Morgan fingerprint density at radius 3 is 2.83 bits per heavy atom. The summed E-state index contributed by atoms with van der Waals surface area (Å²) in [6.07, 6.45) is 3.48. The van der Waals surface area contributed by atoms with Crippen LogP contribution in [0.2, 0.25) is 0 Å².